The fourth-order valence-electron chi connectivity index (χ4n) is 0.0722. The molecule has 34 valence electrons. The number of hydrogen-bond acceptors (Lipinski definition) is 1. The quantitative estimate of drug-likeness (QED) is 0.328. The molecule has 6 heavy (non-hydrogen) atoms. The molecule has 0 amide bonds. The van der Waals surface area contributed by atoms with Gasteiger partial charge in [-0.2, -0.15) is 0 Å². The molecule has 0 rings (SSSR count). The van der Waals surface area contributed by atoms with Crippen LogP contribution >= 0.6 is 0 Å². The van der Waals surface area contributed by atoms with Gasteiger partial charge in [0.25, 0.3) is 0 Å². The van der Waals surface area contributed by atoms with Gasteiger partial charge in [0.1, 0.15) is 0 Å². The second kappa shape index (κ2) is 2.57. The van der Waals surface area contributed by atoms with E-state index in [1.54, 1.807) is 0 Å². The molecule has 0 heterocycles. The zero-order valence-electron chi connectivity index (χ0n) is 3.44. The minimum Gasteiger partial charge on any atom is -0.327 e. The van der Waals surface area contributed by atoms with Crippen LogP contribution in [0.25, 0.3) is 0 Å². The fraction of sp³-hybridized carbons (Fsp3) is 0.250. The highest BCUT2D eigenvalue weighted by Crippen LogP contribution is 1.70. The predicted molar refractivity (Wildman–Crippen MR) is 22.1 cm³/mol. The first-order chi connectivity index (χ1) is 2.81. The highest BCUT2D eigenvalue weighted by molar-refractivity contribution is 5.66. The molecule has 0 saturated carbocycles. The van der Waals surface area contributed by atoms with E-state index < -0.39 is 0 Å². The fourth-order valence-corrected chi connectivity index (χ4v) is 0.0722. The van der Waals surface area contributed by atoms with Gasteiger partial charge in [0, 0.05) is 4.79 Å². The summed E-state index contributed by atoms with van der Waals surface area (Å²) in [5, 5.41) is 0. The van der Waals surface area contributed by atoms with Crippen LogP contribution in [0.2, 0.25) is 0 Å². The van der Waals surface area contributed by atoms with Crippen LogP contribution in [0.1, 0.15) is 6.42 Å². The van der Waals surface area contributed by atoms with E-state index in [-0.39, 0.29) is 12.4 Å². The summed E-state index contributed by atoms with van der Waals surface area (Å²) in [5.41, 5.74) is 0. The van der Waals surface area contributed by atoms with Crippen molar-refractivity contribution < 1.29 is 9.22 Å². The average Bonchev–Trinajstić information content (AvgIpc) is 1.65. The molecular formula is C4H6O2. The van der Waals surface area contributed by atoms with E-state index in [0.717, 1.165) is 0 Å². The largest absolute Gasteiger partial charge is 0.549 e. The zero-order chi connectivity index (χ0) is 4.99. The summed E-state index contributed by atoms with van der Waals surface area (Å²) in [5.74, 6) is -0.380. The van der Waals surface area contributed by atoms with E-state index in [0.29, 0.717) is 0 Å². The minimum absolute atomic E-state index is 0.156. The number of carbonyl (C=O) groups is 1. The second-order valence-corrected chi connectivity index (χ2v) is 0.766. The van der Waals surface area contributed by atoms with Crippen LogP contribution in [-0.4, -0.2) is 12.8 Å². The number of rotatable bonds is 1. The molecule has 0 aromatic rings. The third-order valence-corrected chi connectivity index (χ3v) is 0.365. The van der Waals surface area contributed by atoms with E-state index in [1.165, 1.54) is 0 Å². The third kappa shape index (κ3) is 1.64. The van der Waals surface area contributed by atoms with Gasteiger partial charge in [0.2, 0.25) is 0 Å². The molecule has 0 aromatic carbocycles. The van der Waals surface area contributed by atoms with Crippen molar-refractivity contribution in [1.82, 2.24) is 0 Å². The molecular weight excluding hydrogens is 80.0 g/mol. The monoisotopic (exact) mass is 86.0 g/mol. The minimum atomic E-state index is -0.380. The normalized spacial score (nSPS) is 7.50. The van der Waals surface area contributed by atoms with Gasteiger partial charge in [-0.25, -0.2) is 0 Å². The predicted octanol–water partition coefficient (Wildman–Crippen LogP) is 0.102. The summed E-state index contributed by atoms with van der Waals surface area (Å²) in [4.78, 5) is 9.83. The van der Waals surface area contributed by atoms with Crippen molar-refractivity contribution in [3.05, 3.63) is 6.92 Å². The van der Waals surface area contributed by atoms with Crippen molar-refractivity contribution in [2.75, 3.05) is 0 Å². The summed E-state index contributed by atoms with van der Waals surface area (Å²) in [6.45, 7) is 6.11. The van der Waals surface area contributed by atoms with E-state index in [4.69, 9.17) is 0 Å². The highest BCUT2D eigenvalue weighted by atomic mass is 16.4. The Hall–Kier alpha value is -0.660. The van der Waals surface area contributed by atoms with Crippen molar-refractivity contribution in [3.63, 3.8) is 0 Å². The van der Waals surface area contributed by atoms with Gasteiger partial charge < -0.3 is 6.92 Å². The first kappa shape index (κ1) is 5.34. The molecule has 0 fully saturated rings. The van der Waals surface area contributed by atoms with Gasteiger partial charge in [-0.1, -0.05) is 0 Å². The molecule has 0 bridgehead atoms. The topological polar surface area (TPSA) is 28.4 Å². The van der Waals surface area contributed by atoms with Gasteiger partial charge in [0.05, 0.1) is 0 Å². The Morgan fingerprint density at radius 3 is 2.50 bits per heavy atom. The Balaban J connectivity index is 3.23. The summed E-state index contributed by atoms with van der Waals surface area (Å²) >= 11 is 0. The van der Waals surface area contributed by atoms with Crippen molar-refractivity contribution in [3.8, 4) is 0 Å². The van der Waals surface area contributed by atoms with Crippen LogP contribution in [0.5, 0.6) is 0 Å². The second-order valence-electron chi connectivity index (χ2n) is 0.766. The maximum atomic E-state index is 9.83. The molecule has 2 nitrogen and oxygen atoms in total. The lowest BCUT2D eigenvalue weighted by Crippen LogP contribution is -1.90. The molecule has 0 saturated heterocycles. The maximum absolute atomic E-state index is 9.83. The van der Waals surface area contributed by atoms with Crippen LogP contribution in [-0.2, 0) is 9.22 Å². The molecule has 0 radical (unpaired) electrons. The molecule has 0 aliphatic rings. The first-order valence-corrected chi connectivity index (χ1v) is 1.55. The van der Waals surface area contributed by atoms with Crippen LogP contribution in [0.4, 0.5) is 0 Å². The Bertz CT molecular complexity index is 65.9. The van der Waals surface area contributed by atoms with Crippen LogP contribution in [0, 0.1) is 6.92 Å². The number of carbonyl (C=O) groups excluding carboxylic acids is 2. The lowest BCUT2D eigenvalue weighted by molar-refractivity contribution is -0.367. The Morgan fingerprint density at radius 1 is 2.00 bits per heavy atom. The van der Waals surface area contributed by atoms with Gasteiger partial charge in [-0.3, -0.25) is 4.42 Å². The molecule has 0 aliphatic heterocycles. The number of hydrogen-bond donors (Lipinski definition) is 0. The van der Waals surface area contributed by atoms with Crippen LogP contribution < -0.4 is 0 Å². The van der Waals surface area contributed by atoms with Crippen molar-refractivity contribution in [2.24, 2.45) is 0 Å². The van der Waals surface area contributed by atoms with Crippen molar-refractivity contribution >= 4 is 12.8 Å². The standard InChI is InChI=1S/C4H6O2/c1-3-4(5)6-2/h1-3H2. The summed E-state index contributed by atoms with van der Waals surface area (Å²) < 4.78 is 3.95. The lowest BCUT2D eigenvalue weighted by Gasteiger charge is -1.69. The van der Waals surface area contributed by atoms with Gasteiger partial charge in [-0.05, 0) is 6.42 Å². The lowest BCUT2D eigenvalue weighted by atomic mass is 10.5. The van der Waals surface area contributed by atoms with Gasteiger partial charge in [-0.15, -0.1) is 0 Å². The summed E-state index contributed by atoms with van der Waals surface area (Å²) in [7, 11) is 0. The molecule has 0 unspecified atom stereocenters. The Kier molecular flexibility index (Phi) is 2.29. The van der Waals surface area contributed by atoms with Crippen molar-refractivity contribution in [2.45, 2.75) is 6.42 Å². The summed E-state index contributed by atoms with van der Waals surface area (Å²) in [6, 6.07) is 0. The highest BCUT2D eigenvalue weighted by Gasteiger charge is 1.97. The van der Waals surface area contributed by atoms with Gasteiger partial charge >= 0.3 is 5.97 Å². The van der Waals surface area contributed by atoms with E-state index in [9.17, 15) is 4.79 Å². The molecule has 0 N–H and O–H groups in total. The Morgan fingerprint density at radius 2 is 2.50 bits per heavy atom. The smallest absolute Gasteiger partial charge is 0.327 e. The van der Waals surface area contributed by atoms with E-state index in [1.807, 2.05) is 0 Å². The molecule has 0 aliphatic carbocycles. The molecule has 0 aromatic heterocycles. The molecule has 2 heteroatoms. The van der Waals surface area contributed by atoms with E-state index in [2.05, 4.69) is 18.1 Å². The average molecular weight is 86.1 g/mol. The first-order valence-electron chi connectivity index (χ1n) is 1.55. The van der Waals surface area contributed by atoms with Crippen molar-refractivity contribution in [1.29, 1.82) is 0 Å². The Labute approximate surface area is 36.5 Å². The molecule has 0 atom stereocenters. The van der Waals surface area contributed by atoms with Gasteiger partial charge in [0.15, 0.2) is 6.79 Å². The van der Waals surface area contributed by atoms with Crippen LogP contribution in [0.15, 0.2) is 0 Å². The third-order valence-electron chi connectivity index (χ3n) is 0.365. The van der Waals surface area contributed by atoms with Crippen LogP contribution in [0.3, 0.4) is 0 Å². The zero-order valence-corrected chi connectivity index (χ0v) is 3.44. The SMILES string of the molecule is C=[O+]C(=O)C[CH2-]. The van der Waals surface area contributed by atoms with E-state index >= 15 is 0 Å². The summed E-state index contributed by atoms with van der Waals surface area (Å²) in [6.07, 6.45) is 0.156. The molecule has 0 spiro atoms. The maximum Gasteiger partial charge on any atom is 0.549 e.